The van der Waals surface area contributed by atoms with Crippen LogP contribution in [0.2, 0.25) is 0 Å². The first kappa shape index (κ1) is 15.0. The number of carbonyl (C=O) groups excluding carboxylic acids is 1. The van der Waals surface area contributed by atoms with Gasteiger partial charge in [0.15, 0.2) is 0 Å². The molecule has 0 aromatic heterocycles. The van der Waals surface area contributed by atoms with Gasteiger partial charge in [-0.05, 0) is 45.4 Å². The number of alkyl halides is 1. The van der Waals surface area contributed by atoms with Crippen molar-refractivity contribution in [1.29, 1.82) is 0 Å². The minimum absolute atomic E-state index is 0.286. The van der Waals surface area contributed by atoms with Crippen LogP contribution in [0, 0.1) is 0 Å². The second-order valence-electron chi connectivity index (χ2n) is 4.90. The van der Waals surface area contributed by atoms with Crippen LogP contribution < -0.4 is 4.74 Å². The zero-order valence-electron chi connectivity index (χ0n) is 11.2. The second-order valence-corrected chi connectivity index (χ2v) is 5.81. The van der Waals surface area contributed by atoms with Crippen LogP contribution in [0.5, 0.6) is 5.75 Å². The van der Waals surface area contributed by atoms with Gasteiger partial charge in [0.25, 0.3) is 0 Å². The molecule has 100 valence electrons. The Kier molecular flexibility index (Phi) is 5.20. The average Bonchev–Trinajstić information content (AvgIpc) is 2.27. The lowest BCUT2D eigenvalue weighted by Gasteiger charge is -2.21. The lowest BCUT2D eigenvalue weighted by Crippen LogP contribution is -2.25. The quantitative estimate of drug-likeness (QED) is 0.625. The van der Waals surface area contributed by atoms with Crippen LogP contribution in [0.3, 0.4) is 0 Å². The van der Waals surface area contributed by atoms with E-state index >= 15 is 0 Å². The smallest absolute Gasteiger partial charge is 0.324 e. The first-order valence-corrected chi connectivity index (χ1v) is 6.84. The fourth-order valence-electron chi connectivity index (χ4n) is 1.39. The van der Waals surface area contributed by atoms with Crippen LogP contribution in [0.1, 0.15) is 38.1 Å². The lowest BCUT2D eigenvalue weighted by atomic mass is 10.1. The van der Waals surface area contributed by atoms with E-state index in [1.54, 1.807) is 0 Å². The van der Waals surface area contributed by atoms with E-state index in [-0.39, 0.29) is 5.97 Å². The van der Waals surface area contributed by atoms with Crippen molar-refractivity contribution in [3.63, 3.8) is 0 Å². The summed E-state index contributed by atoms with van der Waals surface area (Å²) in [6, 6.07) is 7.40. The highest BCUT2D eigenvalue weighted by Gasteiger charge is 2.24. The highest BCUT2D eigenvalue weighted by molar-refractivity contribution is 9.09. The standard InChI is InChI=1S/C14H19BrO3/c1-5-17-11-8-6-10(7-9-11)12(15)13(16)18-14(2,3)4/h6-9,12H,5H2,1-4H3. The van der Waals surface area contributed by atoms with E-state index in [1.165, 1.54) is 0 Å². The summed E-state index contributed by atoms with van der Waals surface area (Å²) in [5, 5.41) is 0. The molecule has 18 heavy (non-hydrogen) atoms. The van der Waals surface area contributed by atoms with E-state index < -0.39 is 10.4 Å². The van der Waals surface area contributed by atoms with Crippen molar-refractivity contribution in [3.05, 3.63) is 29.8 Å². The van der Waals surface area contributed by atoms with Gasteiger partial charge in [-0.3, -0.25) is 4.79 Å². The van der Waals surface area contributed by atoms with Crippen molar-refractivity contribution < 1.29 is 14.3 Å². The van der Waals surface area contributed by atoms with E-state index in [1.807, 2.05) is 52.0 Å². The maximum atomic E-state index is 11.9. The molecule has 0 saturated carbocycles. The van der Waals surface area contributed by atoms with Gasteiger partial charge in [0, 0.05) is 0 Å². The van der Waals surface area contributed by atoms with E-state index in [0.29, 0.717) is 6.61 Å². The van der Waals surface area contributed by atoms with Crippen molar-refractivity contribution in [2.75, 3.05) is 6.61 Å². The predicted molar refractivity (Wildman–Crippen MR) is 75.1 cm³/mol. The van der Waals surface area contributed by atoms with E-state index in [0.717, 1.165) is 11.3 Å². The summed E-state index contributed by atoms with van der Waals surface area (Å²) in [7, 11) is 0. The Labute approximate surface area is 117 Å². The highest BCUT2D eigenvalue weighted by Crippen LogP contribution is 2.27. The molecule has 1 aromatic rings. The molecule has 0 aliphatic heterocycles. The molecule has 0 aliphatic rings. The molecule has 0 radical (unpaired) electrons. The Morgan fingerprint density at radius 2 is 1.83 bits per heavy atom. The minimum Gasteiger partial charge on any atom is -0.494 e. The van der Waals surface area contributed by atoms with Crippen molar-refractivity contribution >= 4 is 21.9 Å². The molecule has 0 amide bonds. The Morgan fingerprint density at radius 1 is 1.28 bits per heavy atom. The number of esters is 1. The number of benzene rings is 1. The van der Waals surface area contributed by atoms with Crippen LogP contribution in [-0.4, -0.2) is 18.2 Å². The fraction of sp³-hybridized carbons (Fsp3) is 0.500. The number of hydrogen-bond acceptors (Lipinski definition) is 3. The molecular weight excluding hydrogens is 296 g/mol. The van der Waals surface area contributed by atoms with E-state index in [4.69, 9.17) is 9.47 Å². The topological polar surface area (TPSA) is 35.5 Å². The third-order valence-electron chi connectivity index (χ3n) is 2.10. The molecule has 0 aliphatic carbocycles. The first-order valence-electron chi connectivity index (χ1n) is 5.93. The average molecular weight is 315 g/mol. The van der Waals surface area contributed by atoms with Crippen molar-refractivity contribution in [1.82, 2.24) is 0 Å². The number of ether oxygens (including phenoxy) is 2. The van der Waals surface area contributed by atoms with Gasteiger partial charge in [0.1, 0.15) is 16.2 Å². The van der Waals surface area contributed by atoms with Crippen LogP contribution in [0.4, 0.5) is 0 Å². The Morgan fingerprint density at radius 3 is 2.28 bits per heavy atom. The largest absolute Gasteiger partial charge is 0.494 e. The zero-order valence-corrected chi connectivity index (χ0v) is 12.8. The summed E-state index contributed by atoms with van der Waals surface area (Å²) in [6.07, 6.45) is 0. The maximum Gasteiger partial charge on any atom is 0.324 e. The molecular formula is C14H19BrO3. The van der Waals surface area contributed by atoms with E-state index in [9.17, 15) is 4.79 Å². The summed E-state index contributed by atoms with van der Waals surface area (Å²) >= 11 is 3.35. The predicted octanol–water partition coefficient (Wildman–Crippen LogP) is 3.86. The molecule has 0 spiro atoms. The molecule has 1 aromatic carbocycles. The van der Waals surface area contributed by atoms with E-state index in [2.05, 4.69) is 15.9 Å². The molecule has 0 N–H and O–H groups in total. The Balaban J connectivity index is 2.71. The maximum absolute atomic E-state index is 11.9. The SMILES string of the molecule is CCOc1ccc(C(Br)C(=O)OC(C)(C)C)cc1. The van der Waals surface area contributed by atoms with Crippen LogP contribution in [0.15, 0.2) is 24.3 Å². The Bertz CT molecular complexity index is 392. The van der Waals surface area contributed by atoms with Crippen molar-refractivity contribution in [2.24, 2.45) is 0 Å². The highest BCUT2D eigenvalue weighted by atomic mass is 79.9. The van der Waals surface area contributed by atoms with Gasteiger partial charge in [-0.25, -0.2) is 0 Å². The summed E-state index contributed by atoms with van der Waals surface area (Å²) in [5.41, 5.74) is 0.377. The van der Waals surface area contributed by atoms with Gasteiger partial charge >= 0.3 is 5.97 Å². The summed E-state index contributed by atoms with van der Waals surface area (Å²) in [6.45, 7) is 8.11. The summed E-state index contributed by atoms with van der Waals surface area (Å²) in [5.74, 6) is 0.511. The zero-order chi connectivity index (χ0) is 13.8. The molecule has 0 saturated heterocycles. The molecule has 1 rings (SSSR count). The molecule has 1 unspecified atom stereocenters. The summed E-state index contributed by atoms with van der Waals surface area (Å²) < 4.78 is 10.7. The second kappa shape index (κ2) is 6.23. The molecule has 1 atom stereocenters. The number of hydrogen-bond donors (Lipinski definition) is 0. The van der Waals surface area contributed by atoms with Crippen molar-refractivity contribution in [3.8, 4) is 5.75 Å². The molecule has 4 heteroatoms. The van der Waals surface area contributed by atoms with Gasteiger partial charge < -0.3 is 9.47 Å². The van der Waals surface area contributed by atoms with Crippen LogP contribution in [-0.2, 0) is 9.53 Å². The fourth-order valence-corrected chi connectivity index (χ4v) is 1.79. The summed E-state index contributed by atoms with van der Waals surface area (Å²) in [4.78, 5) is 11.4. The molecule has 0 bridgehead atoms. The molecule has 0 fully saturated rings. The number of halogens is 1. The Hall–Kier alpha value is -1.03. The van der Waals surface area contributed by atoms with Gasteiger partial charge in [0.2, 0.25) is 0 Å². The third kappa shape index (κ3) is 4.69. The number of carbonyl (C=O) groups is 1. The monoisotopic (exact) mass is 314 g/mol. The van der Waals surface area contributed by atoms with Crippen LogP contribution >= 0.6 is 15.9 Å². The lowest BCUT2D eigenvalue weighted by molar-refractivity contribution is -0.154. The van der Waals surface area contributed by atoms with Gasteiger partial charge in [-0.2, -0.15) is 0 Å². The normalized spacial score (nSPS) is 12.9. The van der Waals surface area contributed by atoms with Crippen LogP contribution in [0.25, 0.3) is 0 Å². The molecule has 0 heterocycles. The third-order valence-corrected chi connectivity index (χ3v) is 3.00. The first-order chi connectivity index (χ1) is 8.33. The van der Waals surface area contributed by atoms with Gasteiger partial charge in [-0.15, -0.1) is 0 Å². The minimum atomic E-state index is -0.478. The van der Waals surface area contributed by atoms with Crippen molar-refractivity contribution in [2.45, 2.75) is 38.1 Å². The molecule has 3 nitrogen and oxygen atoms in total. The number of rotatable bonds is 4. The van der Waals surface area contributed by atoms with Gasteiger partial charge in [-0.1, -0.05) is 28.1 Å². The van der Waals surface area contributed by atoms with Gasteiger partial charge in [0.05, 0.1) is 6.61 Å².